The molecule has 0 unspecified atom stereocenters. The van der Waals surface area contributed by atoms with Crippen LogP contribution >= 0.6 is 15.9 Å². The molecule has 102 valence electrons. The van der Waals surface area contributed by atoms with E-state index in [1.165, 1.54) is 18.5 Å². The minimum Gasteiger partial charge on any atom is -0.444 e. The Morgan fingerprint density at radius 3 is 2.79 bits per heavy atom. The molecule has 0 amide bonds. The summed E-state index contributed by atoms with van der Waals surface area (Å²) >= 11 is 3.18. The van der Waals surface area contributed by atoms with E-state index in [4.69, 9.17) is 4.42 Å². The number of rotatable bonds is 5. The summed E-state index contributed by atoms with van der Waals surface area (Å²) in [5.74, 6) is 1.06. The van der Waals surface area contributed by atoms with Crippen LogP contribution in [0.15, 0.2) is 38.4 Å². The molecule has 0 saturated heterocycles. The van der Waals surface area contributed by atoms with Crippen molar-refractivity contribution in [2.75, 3.05) is 0 Å². The zero-order chi connectivity index (χ0) is 13.9. The van der Waals surface area contributed by atoms with E-state index in [1.807, 2.05) is 6.92 Å². The summed E-state index contributed by atoms with van der Waals surface area (Å²) in [7, 11) is -3.62. The molecule has 19 heavy (non-hydrogen) atoms. The molecule has 0 radical (unpaired) electrons. The molecule has 0 aromatic carbocycles. The van der Waals surface area contributed by atoms with Gasteiger partial charge in [0.25, 0.3) is 0 Å². The number of oxazole rings is 1. The van der Waals surface area contributed by atoms with Gasteiger partial charge in [-0.2, -0.15) is 0 Å². The molecule has 8 heteroatoms. The van der Waals surface area contributed by atoms with E-state index in [2.05, 4.69) is 30.6 Å². The van der Waals surface area contributed by atoms with Crippen molar-refractivity contribution in [2.45, 2.75) is 24.8 Å². The van der Waals surface area contributed by atoms with Gasteiger partial charge in [0.05, 0.1) is 12.7 Å². The molecular formula is C11H12BrN3O3S. The lowest BCUT2D eigenvalue weighted by Crippen LogP contribution is -2.23. The first-order chi connectivity index (χ1) is 9.01. The van der Waals surface area contributed by atoms with Crippen molar-refractivity contribution in [1.29, 1.82) is 0 Å². The van der Waals surface area contributed by atoms with Crippen molar-refractivity contribution >= 4 is 26.0 Å². The average molecular weight is 346 g/mol. The molecule has 0 aliphatic heterocycles. The number of aromatic nitrogens is 2. The van der Waals surface area contributed by atoms with Crippen molar-refractivity contribution in [1.82, 2.24) is 14.7 Å². The van der Waals surface area contributed by atoms with E-state index < -0.39 is 10.0 Å². The monoisotopic (exact) mass is 345 g/mol. The molecule has 6 nitrogen and oxygen atoms in total. The van der Waals surface area contributed by atoms with E-state index in [0.717, 1.165) is 12.2 Å². The lowest BCUT2D eigenvalue weighted by atomic mass is 10.4. The van der Waals surface area contributed by atoms with Crippen molar-refractivity contribution < 1.29 is 12.8 Å². The second-order valence-corrected chi connectivity index (χ2v) is 6.42. The molecule has 0 aliphatic rings. The van der Waals surface area contributed by atoms with E-state index in [0.29, 0.717) is 10.4 Å². The zero-order valence-electron chi connectivity index (χ0n) is 10.1. The number of sulfonamides is 1. The fraction of sp³-hybridized carbons (Fsp3) is 0.273. The van der Waals surface area contributed by atoms with Gasteiger partial charge in [0.15, 0.2) is 0 Å². The first kappa shape index (κ1) is 14.2. The number of pyridine rings is 1. The maximum atomic E-state index is 12.0. The van der Waals surface area contributed by atoms with Crippen LogP contribution in [0.5, 0.6) is 0 Å². The molecule has 1 N–H and O–H groups in total. The third-order valence-electron chi connectivity index (χ3n) is 2.35. The predicted octanol–water partition coefficient (Wildman–Crippen LogP) is 1.87. The molecule has 0 saturated carbocycles. The van der Waals surface area contributed by atoms with Gasteiger partial charge in [-0.15, -0.1) is 0 Å². The van der Waals surface area contributed by atoms with Crippen molar-refractivity contribution in [3.63, 3.8) is 0 Å². The van der Waals surface area contributed by atoms with Crippen LogP contribution in [-0.4, -0.2) is 18.4 Å². The summed E-state index contributed by atoms with van der Waals surface area (Å²) in [6, 6.07) is 1.47. The second kappa shape index (κ2) is 5.81. The smallest absolute Gasteiger partial charge is 0.242 e. The van der Waals surface area contributed by atoms with Gasteiger partial charge in [0.1, 0.15) is 10.7 Å². The van der Waals surface area contributed by atoms with Crippen LogP contribution in [0.3, 0.4) is 0 Å². The summed E-state index contributed by atoms with van der Waals surface area (Å²) < 4.78 is 32.3. The third-order valence-corrected chi connectivity index (χ3v) is 4.16. The Hall–Kier alpha value is -1.25. The van der Waals surface area contributed by atoms with Crippen LogP contribution in [0.2, 0.25) is 0 Å². The van der Waals surface area contributed by atoms with Gasteiger partial charge in [-0.25, -0.2) is 18.1 Å². The summed E-state index contributed by atoms with van der Waals surface area (Å²) in [4.78, 5) is 7.89. The highest BCUT2D eigenvalue weighted by Gasteiger charge is 2.15. The Labute approximate surface area is 119 Å². The van der Waals surface area contributed by atoms with Crippen LogP contribution in [0.1, 0.15) is 18.6 Å². The molecule has 2 heterocycles. The zero-order valence-corrected chi connectivity index (χ0v) is 12.5. The van der Waals surface area contributed by atoms with Gasteiger partial charge in [0, 0.05) is 23.3 Å². The van der Waals surface area contributed by atoms with Crippen molar-refractivity contribution in [3.8, 4) is 0 Å². The fourth-order valence-corrected chi connectivity index (χ4v) is 2.85. The highest BCUT2D eigenvalue weighted by molar-refractivity contribution is 9.10. The molecule has 2 rings (SSSR count). The molecule has 2 aromatic rings. The largest absolute Gasteiger partial charge is 0.444 e. The van der Waals surface area contributed by atoms with Gasteiger partial charge in [-0.3, -0.25) is 4.98 Å². The average Bonchev–Trinajstić information content (AvgIpc) is 2.84. The minimum absolute atomic E-state index is 0.00878. The molecule has 2 aromatic heterocycles. The number of nitrogens with one attached hydrogen (secondary N) is 1. The summed E-state index contributed by atoms with van der Waals surface area (Å²) in [6.45, 7) is 1.94. The van der Waals surface area contributed by atoms with Gasteiger partial charge in [-0.05, 0) is 22.0 Å². The van der Waals surface area contributed by atoms with Crippen LogP contribution in [0, 0.1) is 0 Å². The van der Waals surface area contributed by atoms with E-state index >= 15 is 0 Å². The minimum atomic E-state index is -3.62. The first-order valence-electron chi connectivity index (χ1n) is 5.55. The maximum absolute atomic E-state index is 12.0. The summed E-state index contributed by atoms with van der Waals surface area (Å²) in [6.07, 6.45) is 5.10. The van der Waals surface area contributed by atoms with Gasteiger partial charge < -0.3 is 4.42 Å². The maximum Gasteiger partial charge on any atom is 0.242 e. The molecule has 0 aliphatic carbocycles. The van der Waals surface area contributed by atoms with Crippen molar-refractivity contribution in [2.24, 2.45) is 0 Å². The molecule has 0 atom stereocenters. The number of hydrogen-bond donors (Lipinski definition) is 1. The predicted molar refractivity (Wildman–Crippen MR) is 71.8 cm³/mol. The highest BCUT2D eigenvalue weighted by Crippen LogP contribution is 2.14. The van der Waals surface area contributed by atoms with E-state index in [1.54, 1.807) is 6.20 Å². The Balaban J connectivity index is 2.09. The number of nitrogens with zero attached hydrogens (tertiary/aromatic N) is 2. The summed E-state index contributed by atoms with van der Waals surface area (Å²) in [5.41, 5.74) is 0. The molecular weight excluding hydrogens is 334 g/mol. The normalized spacial score (nSPS) is 11.7. The van der Waals surface area contributed by atoms with Crippen LogP contribution in [0.4, 0.5) is 0 Å². The highest BCUT2D eigenvalue weighted by atomic mass is 79.9. The van der Waals surface area contributed by atoms with Crippen molar-refractivity contribution in [3.05, 3.63) is 40.8 Å². The lowest BCUT2D eigenvalue weighted by molar-refractivity contribution is 0.452. The Bertz CT molecular complexity index is 669. The Morgan fingerprint density at radius 1 is 1.37 bits per heavy atom. The van der Waals surface area contributed by atoms with Gasteiger partial charge in [0.2, 0.25) is 15.9 Å². The summed E-state index contributed by atoms with van der Waals surface area (Å²) in [5, 5.41) is 0. The fourth-order valence-electron chi connectivity index (χ4n) is 1.37. The molecule has 0 fully saturated rings. The van der Waals surface area contributed by atoms with E-state index in [9.17, 15) is 8.42 Å². The van der Waals surface area contributed by atoms with E-state index in [-0.39, 0.29) is 11.4 Å². The number of hydrogen-bond acceptors (Lipinski definition) is 5. The molecule has 0 spiro atoms. The van der Waals surface area contributed by atoms with Crippen LogP contribution in [0.25, 0.3) is 0 Å². The van der Waals surface area contributed by atoms with Gasteiger partial charge in [-0.1, -0.05) is 6.92 Å². The topological polar surface area (TPSA) is 85.1 Å². The number of halogens is 1. The first-order valence-corrected chi connectivity index (χ1v) is 7.82. The van der Waals surface area contributed by atoms with Crippen LogP contribution in [-0.2, 0) is 23.0 Å². The third kappa shape index (κ3) is 3.62. The Morgan fingerprint density at radius 2 is 2.16 bits per heavy atom. The second-order valence-electron chi connectivity index (χ2n) is 3.74. The number of aryl methyl sites for hydroxylation is 1. The quantitative estimate of drug-likeness (QED) is 0.893. The molecule has 0 bridgehead atoms. The standard InChI is InChI=1S/C11H12BrN3O3S/c1-2-9-5-14-11(18-9)7-15-19(16,17)10-3-8(12)4-13-6-10/h3-6,15H,2,7H2,1H3. The SMILES string of the molecule is CCc1cnc(CNS(=O)(=O)c2cncc(Br)c2)o1. The lowest BCUT2D eigenvalue weighted by Gasteiger charge is -2.04. The Kier molecular flexibility index (Phi) is 4.33. The van der Waals surface area contributed by atoms with Gasteiger partial charge >= 0.3 is 0 Å². The van der Waals surface area contributed by atoms with Crippen LogP contribution < -0.4 is 4.72 Å².